The van der Waals surface area contributed by atoms with Gasteiger partial charge in [-0.3, -0.25) is 0 Å². The van der Waals surface area contributed by atoms with E-state index in [0.717, 1.165) is 25.2 Å². The Morgan fingerprint density at radius 2 is 2.06 bits per heavy atom. The van der Waals surface area contributed by atoms with Crippen molar-refractivity contribution in [1.82, 2.24) is 9.97 Å². The largest absolute Gasteiger partial charge is 0.372 e. The fourth-order valence-corrected chi connectivity index (χ4v) is 2.31. The highest BCUT2D eigenvalue weighted by molar-refractivity contribution is 14.1. The van der Waals surface area contributed by atoms with Gasteiger partial charge in [-0.05, 0) is 28.7 Å². The Kier molecular flexibility index (Phi) is 3.75. The molecule has 3 nitrogen and oxygen atoms in total. The molecule has 2 aromatic rings. The molecule has 2 rings (SSSR count). The normalized spacial score (nSPS) is 10.2. The second-order valence-corrected chi connectivity index (χ2v) is 5.14. The SMILES string of the molecule is CNc1nc(-c2ccccc2Br)ncc1I. The highest BCUT2D eigenvalue weighted by Crippen LogP contribution is 2.26. The molecule has 0 radical (unpaired) electrons. The van der Waals surface area contributed by atoms with Gasteiger partial charge in [-0.2, -0.15) is 0 Å². The number of nitrogens with zero attached hydrogens (tertiary/aromatic N) is 2. The van der Waals surface area contributed by atoms with Crippen molar-refractivity contribution < 1.29 is 0 Å². The summed E-state index contributed by atoms with van der Waals surface area (Å²) in [4.78, 5) is 8.79. The Balaban J connectivity index is 2.53. The first-order chi connectivity index (χ1) is 7.72. The van der Waals surface area contributed by atoms with Gasteiger partial charge in [0, 0.05) is 23.3 Å². The molecule has 0 amide bonds. The van der Waals surface area contributed by atoms with Crippen LogP contribution in [0.3, 0.4) is 0 Å². The lowest BCUT2D eigenvalue weighted by molar-refractivity contribution is 1.15. The van der Waals surface area contributed by atoms with E-state index in [1.807, 2.05) is 37.5 Å². The molecule has 0 unspecified atom stereocenters. The zero-order valence-corrected chi connectivity index (χ0v) is 12.3. The Morgan fingerprint density at radius 3 is 2.75 bits per heavy atom. The monoisotopic (exact) mass is 389 g/mol. The van der Waals surface area contributed by atoms with Gasteiger partial charge in [0.1, 0.15) is 5.82 Å². The van der Waals surface area contributed by atoms with Gasteiger partial charge in [-0.15, -0.1) is 0 Å². The summed E-state index contributed by atoms with van der Waals surface area (Å²) in [5.74, 6) is 1.57. The first-order valence-electron chi connectivity index (χ1n) is 4.67. The number of aromatic nitrogens is 2. The lowest BCUT2D eigenvalue weighted by Gasteiger charge is -2.06. The second-order valence-electron chi connectivity index (χ2n) is 3.12. The van der Waals surface area contributed by atoms with Gasteiger partial charge in [-0.1, -0.05) is 34.1 Å². The van der Waals surface area contributed by atoms with E-state index in [1.165, 1.54) is 0 Å². The Morgan fingerprint density at radius 1 is 1.31 bits per heavy atom. The van der Waals surface area contributed by atoms with Gasteiger partial charge < -0.3 is 5.32 Å². The number of hydrogen-bond acceptors (Lipinski definition) is 3. The summed E-state index contributed by atoms with van der Waals surface area (Å²) in [7, 11) is 1.86. The van der Waals surface area contributed by atoms with Crippen LogP contribution < -0.4 is 5.32 Å². The molecule has 1 aromatic carbocycles. The van der Waals surface area contributed by atoms with Crippen LogP contribution in [-0.2, 0) is 0 Å². The fraction of sp³-hybridized carbons (Fsp3) is 0.0909. The Bertz CT molecular complexity index is 516. The molecule has 0 aliphatic heterocycles. The van der Waals surface area contributed by atoms with Crippen LogP contribution in [-0.4, -0.2) is 17.0 Å². The van der Waals surface area contributed by atoms with Crippen molar-refractivity contribution in [2.24, 2.45) is 0 Å². The summed E-state index contributed by atoms with van der Waals surface area (Å²) in [5, 5.41) is 3.05. The average Bonchev–Trinajstić information content (AvgIpc) is 2.31. The van der Waals surface area contributed by atoms with E-state index in [2.05, 4.69) is 53.8 Å². The van der Waals surface area contributed by atoms with Crippen molar-refractivity contribution >= 4 is 44.3 Å². The smallest absolute Gasteiger partial charge is 0.162 e. The predicted octanol–water partition coefficient (Wildman–Crippen LogP) is 3.55. The van der Waals surface area contributed by atoms with Crippen LogP contribution in [0.15, 0.2) is 34.9 Å². The van der Waals surface area contributed by atoms with Crippen LogP contribution in [0.1, 0.15) is 0 Å². The van der Waals surface area contributed by atoms with Gasteiger partial charge >= 0.3 is 0 Å². The Labute approximate surface area is 116 Å². The summed E-state index contributed by atoms with van der Waals surface area (Å²) in [6.07, 6.45) is 1.81. The molecule has 1 N–H and O–H groups in total. The molecule has 16 heavy (non-hydrogen) atoms. The van der Waals surface area contributed by atoms with Crippen molar-refractivity contribution in [1.29, 1.82) is 0 Å². The van der Waals surface area contributed by atoms with E-state index in [4.69, 9.17) is 0 Å². The van der Waals surface area contributed by atoms with Crippen molar-refractivity contribution in [2.75, 3.05) is 12.4 Å². The Hall–Kier alpha value is -0.690. The molecule has 0 atom stereocenters. The van der Waals surface area contributed by atoms with E-state index in [-0.39, 0.29) is 0 Å². The van der Waals surface area contributed by atoms with E-state index in [1.54, 1.807) is 0 Å². The molecule has 0 saturated heterocycles. The van der Waals surface area contributed by atoms with E-state index in [9.17, 15) is 0 Å². The lowest BCUT2D eigenvalue weighted by Crippen LogP contribution is -1.99. The maximum atomic E-state index is 4.46. The molecule has 0 aliphatic carbocycles. The van der Waals surface area contributed by atoms with Crippen LogP contribution in [0, 0.1) is 3.57 Å². The van der Waals surface area contributed by atoms with E-state index in [0.29, 0.717) is 0 Å². The molecule has 0 aliphatic rings. The maximum absolute atomic E-state index is 4.46. The van der Waals surface area contributed by atoms with Gasteiger partial charge in [0.25, 0.3) is 0 Å². The summed E-state index contributed by atoms with van der Waals surface area (Å²) in [6.45, 7) is 0. The summed E-state index contributed by atoms with van der Waals surface area (Å²) < 4.78 is 2.01. The van der Waals surface area contributed by atoms with E-state index < -0.39 is 0 Å². The minimum atomic E-state index is 0.720. The zero-order valence-electron chi connectivity index (χ0n) is 8.54. The quantitative estimate of drug-likeness (QED) is 0.798. The predicted molar refractivity (Wildman–Crippen MR) is 77.4 cm³/mol. The molecular formula is C11H9BrIN3. The molecule has 0 fully saturated rings. The lowest BCUT2D eigenvalue weighted by atomic mass is 10.2. The van der Waals surface area contributed by atoms with Crippen LogP contribution in [0.4, 0.5) is 5.82 Å². The van der Waals surface area contributed by atoms with Crippen molar-refractivity contribution in [3.8, 4) is 11.4 Å². The van der Waals surface area contributed by atoms with E-state index >= 15 is 0 Å². The number of hydrogen-bond donors (Lipinski definition) is 1. The van der Waals surface area contributed by atoms with Crippen molar-refractivity contribution in [2.45, 2.75) is 0 Å². The molecule has 1 heterocycles. The number of halogens is 2. The molecule has 0 spiro atoms. The molecule has 5 heteroatoms. The van der Waals surface area contributed by atoms with Gasteiger partial charge in [0.15, 0.2) is 5.82 Å². The van der Waals surface area contributed by atoms with Gasteiger partial charge in [0.05, 0.1) is 3.57 Å². The number of anilines is 1. The third-order valence-electron chi connectivity index (χ3n) is 2.10. The standard InChI is InChI=1S/C11H9BrIN3/c1-14-11-9(13)6-15-10(16-11)7-4-2-3-5-8(7)12/h2-6H,1H3,(H,14,15,16). The highest BCUT2D eigenvalue weighted by atomic mass is 127. The minimum absolute atomic E-state index is 0.720. The minimum Gasteiger partial charge on any atom is -0.372 e. The summed E-state index contributed by atoms with van der Waals surface area (Å²) in [5.41, 5.74) is 0.996. The number of benzene rings is 1. The topological polar surface area (TPSA) is 37.8 Å². The second kappa shape index (κ2) is 5.09. The van der Waals surface area contributed by atoms with Gasteiger partial charge in [0.2, 0.25) is 0 Å². The van der Waals surface area contributed by atoms with Crippen LogP contribution in [0.25, 0.3) is 11.4 Å². The molecule has 0 saturated carbocycles. The van der Waals surface area contributed by atoms with Crippen LogP contribution >= 0.6 is 38.5 Å². The maximum Gasteiger partial charge on any atom is 0.162 e. The first kappa shape index (κ1) is 11.8. The molecule has 1 aromatic heterocycles. The summed E-state index contributed by atoms with van der Waals surface area (Å²) >= 11 is 5.70. The zero-order chi connectivity index (χ0) is 11.5. The number of nitrogens with one attached hydrogen (secondary N) is 1. The molecule has 82 valence electrons. The number of rotatable bonds is 2. The first-order valence-corrected chi connectivity index (χ1v) is 6.54. The average molecular weight is 390 g/mol. The van der Waals surface area contributed by atoms with Gasteiger partial charge in [-0.25, -0.2) is 9.97 Å². The molecule has 0 bridgehead atoms. The van der Waals surface area contributed by atoms with Crippen LogP contribution in [0.5, 0.6) is 0 Å². The third kappa shape index (κ3) is 2.35. The molecular weight excluding hydrogens is 381 g/mol. The van der Waals surface area contributed by atoms with Crippen molar-refractivity contribution in [3.05, 3.63) is 38.5 Å². The fourth-order valence-electron chi connectivity index (χ4n) is 1.31. The van der Waals surface area contributed by atoms with Crippen molar-refractivity contribution in [3.63, 3.8) is 0 Å². The van der Waals surface area contributed by atoms with Crippen LogP contribution in [0.2, 0.25) is 0 Å². The summed E-state index contributed by atoms with van der Waals surface area (Å²) in [6, 6.07) is 7.92. The third-order valence-corrected chi connectivity index (χ3v) is 3.58. The highest BCUT2D eigenvalue weighted by Gasteiger charge is 2.07.